The van der Waals surface area contributed by atoms with Gasteiger partial charge in [-0.25, -0.2) is 0 Å². The minimum Gasteiger partial charge on any atom is -0.491 e. The maximum absolute atomic E-state index is 12.4. The van der Waals surface area contributed by atoms with Gasteiger partial charge in [-0.1, -0.05) is 13.0 Å². The summed E-state index contributed by atoms with van der Waals surface area (Å²) < 4.78 is 5.73. The second kappa shape index (κ2) is 9.10. The summed E-state index contributed by atoms with van der Waals surface area (Å²) in [5, 5.41) is 5.74. The fourth-order valence-corrected chi connectivity index (χ4v) is 2.36. The van der Waals surface area contributed by atoms with Crippen LogP contribution in [0.5, 0.6) is 5.75 Å². The predicted molar refractivity (Wildman–Crippen MR) is 107 cm³/mol. The van der Waals surface area contributed by atoms with Gasteiger partial charge in [-0.3, -0.25) is 14.9 Å². The Balaban J connectivity index is 1.97. The van der Waals surface area contributed by atoms with Crippen molar-refractivity contribution in [3.05, 3.63) is 59.7 Å². The Labute approximate surface area is 158 Å². The summed E-state index contributed by atoms with van der Waals surface area (Å²) in [6.45, 7) is 5.52. The molecule has 0 aromatic heterocycles. The molecule has 0 aliphatic rings. The van der Waals surface area contributed by atoms with Crippen LogP contribution in [-0.4, -0.2) is 22.9 Å². The molecule has 1 amide bonds. The molecule has 0 spiro atoms. The molecule has 2 aromatic carbocycles. The van der Waals surface area contributed by atoms with Crippen LogP contribution in [0.1, 0.15) is 47.9 Å². The van der Waals surface area contributed by atoms with E-state index in [0.29, 0.717) is 22.6 Å². The molecule has 0 saturated heterocycles. The molecule has 1 atom stereocenters. The summed E-state index contributed by atoms with van der Waals surface area (Å²) in [6.07, 6.45) is 0.960. The fourth-order valence-electron chi connectivity index (χ4n) is 2.15. The number of nitrogens with one attached hydrogen (secondary N) is 2. The van der Waals surface area contributed by atoms with Crippen LogP contribution < -0.4 is 15.4 Å². The maximum atomic E-state index is 12.4. The third kappa shape index (κ3) is 5.67. The van der Waals surface area contributed by atoms with Crippen LogP contribution in [0.4, 0.5) is 5.69 Å². The smallest absolute Gasteiger partial charge is 0.257 e. The van der Waals surface area contributed by atoms with Crippen LogP contribution in [0.3, 0.4) is 0 Å². The van der Waals surface area contributed by atoms with Gasteiger partial charge in [0.05, 0.1) is 6.10 Å². The zero-order valence-corrected chi connectivity index (χ0v) is 15.9. The molecule has 0 heterocycles. The van der Waals surface area contributed by atoms with E-state index in [-0.39, 0.29) is 22.9 Å². The number of amides is 1. The van der Waals surface area contributed by atoms with E-state index in [1.54, 1.807) is 42.5 Å². The van der Waals surface area contributed by atoms with Gasteiger partial charge in [0, 0.05) is 16.8 Å². The zero-order valence-electron chi connectivity index (χ0n) is 15.0. The first-order valence-corrected chi connectivity index (χ1v) is 8.80. The lowest BCUT2D eigenvalue weighted by molar-refractivity contribution is 0.0975. The van der Waals surface area contributed by atoms with Gasteiger partial charge in [-0.05, 0) is 75.0 Å². The molecule has 26 heavy (non-hydrogen) atoms. The van der Waals surface area contributed by atoms with Gasteiger partial charge in [-0.15, -0.1) is 0 Å². The van der Waals surface area contributed by atoms with Crippen LogP contribution >= 0.6 is 12.2 Å². The van der Waals surface area contributed by atoms with Crippen molar-refractivity contribution in [2.45, 2.75) is 33.3 Å². The highest BCUT2D eigenvalue weighted by atomic mass is 32.1. The molecule has 0 aliphatic carbocycles. The summed E-state index contributed by atoms with van der Waals surface area (Å²) in [7, 11) is 0. The summed E-state index contributed by atoms with van der Waals surface area (Å²) in [5.74, 6) is 0.315. The monoisotopic (exact) mass is 370 g/mol. The van der Waals surface area contributed by atoms with Crippen molar-refractivity contribution >= 4 is 34.7 Å². The van der Waals surface area contributed by atoms with Crippen molar-refractivity contribution in [3.8, 4) is 5.75 Å². The molecule has 0 bridgehead atoms. The van der Waals surface area contributed by atoms with Gasteiger partial charge in [0.2, 0.25) is 0 Å². The number of thiocarbonyl (C=S) groups is 1. The molecule has 6 heteroatoms. The maximum Gasteiger partial charge on any atom is 0.257 e. The summed E-state index contributed by atoms with van der Waals surface area (Å²) in [4.78, 5) is 23.6. The van der Waals surface area contributed by atoms with E-state index in [1.807, 2.05) is 19.9 Å². The first kappa shape index (κ1) is 19.6. The third-order valence-corrected chi connectivity index (χ3v) is 3.99. The quantitative estimate of drug-likeness (QED) is 0.589. The van der Waals surface area contributed by atoms with Crippen molar-refractivity contribution in [2.24, 2.45) is 0 Å². The molecule has 2 aromatic rings. The summed E-state index contributed by atoms with van der Waals surface area (Å²) in [6, 6.07) is 13.8. The Kier molecular flexibility index (Phi) is 6.86. The average Bonchev–Trinajstić information content (AvgIpc) is 2.62. The topological polar surface area (TPSA) is 67.4 Å². The first-order chi connectivity index (χ1) is 12.4. The van der Waals surface area contributed by atoms with E-state index < -0.39 is 0 Å². The van der Waals surface area contributed by atoms with E-state index in [9.17, 15) is 9.59 Å². The van der Waals surface area contributed by atoms with E-state index in [0.717, 1.165) is 6.42 Å². The van der Waals surface area contributed by atoms with Gasteiger partial charge >= 0.3 is 0 Å². The summed E-state index contributed by atoms with van der Waals surface area (Å²) in [5.41, 5.74) is 1.76. The van der Waals surface area contributed by atoms with Gasteiger partial charge in [0.1, 0.15) is 5.75 Å². The molecule has 0 saturated carbocycles. The molecule has 2 rings (SSSR count). The molecule has 1 unspecified atom stereocenters. The average molecular weight is 370 g/mol. The van der Waals surface area contributed by atoms with Crippen LogP contribution in [0.2, 0.25) is 0 Å². The van der Waals surface area contributed by atoms with E-state index in [4.69, 9.17) is 17.0 Å². The molecule has 0 radical (unpaired) electrons. The van der Waals surface area contributed by atoms with E-state index >= 15 is 0 Å². The van der Waals surface area contributed by atoms with Crippen molar-refractivity contribution in [1.29, 1.82) is 0 Å². The Bertz CT molecular complexity index is 803. The lowest BCUT2D eigenvalue weighted by atomic mass is 10.1. The predicted octanol–water partition coefficient (Wildman–Crippen LogP) is 4.19. The van der Waals surface area contributed by atoms with Gasteiger partial charge in [-0.2, -0.15) is 0 Å². The zero-order chi connectivity index (χ0) is 19.1. The molecule has 136 valence electrons. The highest BCUT2D eigenvalue weighted by Gasteiger charge is 2.10. The van der Waals surface area contributed by atoms with Gasteiger partial charge in [0.15, 0.2) is 10.9 Å². The molecule has 2 N–H and O–H groups in total. The minimum absolute atomic E-state index is 0.00748. The van der Waals surface area contributed by atoms with Crippen LogP contribution in [0, 0.1) is 0 Å². The van der Waals surface area contributed by atoms with Crippen LogP contribution in [0.25, 0.3) is 0 Å². The number of Topliss-reactive ketones (excluding diaryl/α,β-unsaturated/α-hetero) is 1. The van der Waals surface area contributed by atoms with Crippen molar-refractivity contribution in [3.63, 3.8) is 0 Å². The fraction of sp³-hybridized carbons (Fsp3) is 0.250. The second-order valence-electron chi connectivity index (χ2n) is 5.91. The van der Waals surface area contributed by atoms with Gasteiger partial charge in [0.25, 0.3) is 5.91 Å². The van der Waals surface area contributed by atoms with Crippen molar-refractivity contribution in [1.82, 2.24) is 5.32 Å². The Morgan fingerprint density at radius 3 is 2.42 bits per heavy atom. The lowest BCUT2D eigenvalue weighted by Gasteiger charge is -2.14. The normalized spacial score (nSPS) is 11.3. The lowest BCUT2D eigenvalue weighted by Crippen LogP contribution is -2.34. The Morgan fingerprint density at radius 1 is 1.12 bits per heavy atom. The molecule has 0 aliphatic heterocycles. The molecular formula is C20H22N2O3S. The van der Waals surface area contributed by atoms with E-state index in [1.165, 1.54) is 6.92 Å². The number of ether oxygens (including phenoxy) is 1. The highest BCUT2D eigenvalue weighted by molar-refractivity contribution is 7.80. The molecule has 0 fully saturated rings. The molecule has 5 nitrogen and oxygen atoms in total. The number of carbonyl (C=O) groups excluding carboxylic acids is 2. The molecular weight excluding hydrogens is 348 g/mol. The van der Waals surface area contributed by atoms with Crippen molar-refractivity contribution in [2.75, 3.05) is 5.32 Å². The number of rotatable bonds is 6. The van der Waals surface area contributed by atoms with E-state index in [2.05, 4.69) is 10.6 Å². The van der Waals surface area contributed by atoms with Crippen LogP contribution in [0.15, 0.2) is 48.5 Å². The summed E-state index contributed by atoms with van der Waals surface area (Å²) >= 11 is 5.18. The largest absolute Gasteiger partial charge is 0.491 e. The Hall–Kier alpha value is -2.73. The third-order valence-electron chi connectivity index (χ3n) is 3.78. The SMILES string of the molecule is CCC(C)Oc1cccc(C(=O)NC(=S)Nc2ccc(C(C)=O)cc2)c1. The second-order valence-corrected chi connectivity index (χ2v) is 6.31. The van der Waals surface area contributed by atoms with Crippen molar-refractivity contribution < 1.29 is 14.3 Å². The first-order valence-electron chi connectivity index (χ1n) is 8.39. The number of anilines is 1. The minimum atomic E-state index is -0.322. The number of hydrogen-bond acceptors (Lipinski definition) is 4. The number of ketones is 1. The number of benzene rings is 2. The Morgan fingerprint density at radius 2 is 1.81 bits per heavy atom. The van der Waals surface area contributed by atoms with Crippen LogP contribution in [-0.2, 0) is 0 Å². The van der Waals surface area contributed by atoms with Gasteiger partial charge < -0.3 is 10.1 Å². The number of hydrogen-bond donors (Lipinski definition) is 2. The number of carbonyl (C=O) groups is 2. The highest BCUT2D eigenvalue weighted by Crippen LogP contribution is 2.16. The standard InChI is InChI=1S/C20H22N2O3S/c1-4-13(2)25-18-7-5-6-16(12-18)19(24)22-20(26)21-17-10-8-15(9-11-17)14(3)23/h5-13H,4H2,1-3H3,(H2,21,22,24,26).